The van der Waals surface area contributed by atoms with E-state index in [0.29, 0.717) is 43.3 Å². The number of alkyl halides is 1. The predicted octanol–water partition coefficient (Wildman–Crippen LogP) is 4.10. The van der Waals surface area contributed by atoms with E-state index in [1.54, 1.807) is 10.9 Å². The van der Waals surface area contributed by atoms with Crippen molar-refractivity contribution in [2.24, 2.45) is 5.92 Å². The largest absolute Gasteiger partial charge is 0.471 e. The number of nitrogens with two attached hydrogens (primary N) is 1. The summed E-state index contributed by atoms with van der Waals surface area (Å²) in [5.74, 6) is 0.210. The lowest BCUT2D eigenvalue weighted by molar-refractivity contribution is -0.0290. The Morgan fingerprint density at radius 1 is 0.969 bits per heavy atom. The predicted molar refractivity (Wildman–Crippen MR) is 119 cm³/mol. The summed E-state index contributed by atoms with van der Waals surface area (Å²) in [5, 5.41) is 0. The number of nitrogen functional groups attached to an aromatic ring is 1. The van der Waals surface area contributed by atoms with E-state index in [9.17, 15) is 4.39 Å². The van der Waals surface area contributed by atoms with Gasteiger partial charge in [-0.2, -0.15) is 9.97 Å². The zero-order valence-corrected chi connectivity index (χ0v) is 17.5. The highest BCUT2D eigenvalue weighted by Crippen LogP contribution is 2.42. The maximum absolute atomic E-state index is 15.0. The lowest BCUT2D eigenvalue weighted by Gasteiger charge is -2.40. The van der Waals surface area contributed by atoms with Crippen molar-refractivity contribution in [1.29, 1.82) is 0 Å². The molecule has 0 radical (unpaired) electrons. The van der Waals surface area contributed by atoms with E-state index in [-0.39, 0.29) is 17.9 Å². The van der Waals surface area contributed by atoms with Crippen molar-refractivity contribution in [3.63, 3.8) is 0 Å². The SMILES string of the molecule is Nc1nc(OCc2ccccc2)c2ncn([C@@H]3C[C@H](COCc4ccccc4)C3F)c2n1. The van der Waals surface area contributed by atoms with Crippen LogP contribution in [-0.2, 0) is 18.0 Å². The lowest BCUT2D eigenvalue weighted by atomic mass is 9.78. The Labute approximate surface area is 185 Å². The van der Waals surface area contributed by atoms with Crippen molar-refractivity contribution in [2.45, 2.75) is 31.8 Å². The molecule has 7 nitrogen and oxygen atoms in total. The van der Waals surface area contributed by atoms with Crippen molar-refractivity contribution >= 4 is 17.1 Å². The van der Waals surface area contributed by atoms with Gasteiger partial charge in [0.25, 0.3) is 0 Å². The Balaban J connectivity index is 1.25. The van der Waals surface area contributed by atoms with Crippen LogP contribution in [0.25, 0.3) is 11.2 Å². The molecule has 3 atom stereocenters. The number of aromatic nitrogens is 4. The van der Waals surface area contributed by atoms with Crippen LogP contribution in [-0.4, -0.2) is 32.3 Å². The summed E-state index contributed by atoms with van der Waals surface area (Å²) < 4.78 is 28.3. The van der Waals surface area contributed by atoms with E-state index in [2.05, 4.69) is 15.0 Å². The molecule has 0 bridgehead atoms. The molecule has 8 heteroatoms. The number of hydrogen-bond acceptors (Lipinski definition) is 6. The maximum atomic E-state index is 15.0. The maximum Gasteiger partial charge on any atom is 0.247 e. The van der Waals surface area contributed by atoms with Crippen molar-refractivity contribution in [1.82, 2.24) is 19.5 Å². The summed E-state index contributed by atoms with van der Waals surface area (Å²) >= 11 is 0. The van der Waals surface area contributed by atoms with Gasteiger partial charge in [0.1, 0.15) is 12.8 Å². The normalized spacial score (nSPS) is 20.2. The van der Waals surface area contributed by atoms with Gasteiger partial charge in [-0.3, -0.25) is 0 Å². The fourth-order valence-electron chi connectivity index (χ4n) is 3.99. The summed E-state index contributed by atoms with van der Waals surface area (Å²) in [6, 6.07) is 19.3. The molecule has 164 valence electrons. The van der Waals surface area contributed by atoms with Gasteiger partial charge in [0.05, 0.1) is 25.6 Å². The number of rotatable bonds is 8. The van der Waals surface area contributed by atoms with Crippen LogP contribution in [0.2, 0.25) is 0 Å². The molecule has 1 fully saturated rings. The Kier molecular flexibility index (Phi) is 5.68. The van der Waals surface area contributed by atoms with Crippen LogP contribution < -0.4 is 10.5 Å². The molecule has 4 aromatic rings. The summed E-state index contributed by atoms with van der Waals surface area (Å²) in [6.07, 6.45) is 1.19. The van der Waals surface area contributed by atoms with Crippen LogP contribution in [0.15, 0.2) is 67.0 Å². The summed E-state index contributed by atoms with van der Waals surface area (Å²) in [4.78, 5) is 12.9. The number of hydrogen-bond donors (Lipinski definition) is 1. The fraction of sp³-hybridized carbons (Fsp3) is 0.292. The highest BCUT2D eigenvalue weighted by molar-refractivity contribution is 5.77. The van der Waals surface area contributed by atoms with Crippen LogP contribution in [0.4, 0.5) is 10.3 Å². The minimum atomic E-state index is -1.05. The smallest absolute Gasteiger partial charge is 0.247 e. The number of nitrogens with zero attached hydrogens (tertiary/aromatic N) is 4. The third-order valence-electron chi connectivity index (χ3n) is 5.79. The second kappa shape index (κ2) is 8.92. The van der Waals surface area contributed by atoms with Crippen LogP contribution in [0.1, 0.15) is 23.6 Å². The first-order chi connectivity index (χ1) is 15.7. The van der Waals surface area contributed by atoms with E-state index in [1.165, 1.54) is 0 Å². The topological polar surface area (TPSA) is 88.1 Å². The first-order valence-electron chi connectivity index (χ1n) is 10.6. The number of anilines is 1. The molecule has 5 rings (SSSR count). The summed E-state index contributed by atoms with van der Waals surface area (Å²) in [7, 11) is 0. The zero-order valence-electron chi connectivity index (χ0n) is 17.5. The van der Waals surface area contributed by atoms with Crippen molar-refractivity contribution in [2.75, 3.05) is 12.3 Å². The molecule has 2 aromatic carbocycles. The van der Waals surface area contributed by atoms with Crippen LogP contribution >= 0.6 is 0 Å². The van der Waals surface area contributed by atoms with Gasteiger partial charge in [0.2, 0.25) is 11.8 Å². The highest BCUT2D eigenvalue weighted by Gasteiger charge is 2.43. The van der Waals surface area contributed by atoms with E-state index < -0.39 is 6.17 Å². The quantitative estimate of drug-likeness (QED) is 0.450. The monoisotopic (exact) mass is 433 g/mol. The molecule has 0 amide bonds. The van der Waals surface area contributed by atoms with Gasteiger partial charge in [-0.25, -0.2) is 9.37 Å². The molecule has 1 aliphatic carbocycles. The van der Waals surface area contributed by atoms with Gasteiger partial charge >= 0.3 is 0 Å². The summed E-state index contributed by atoms with van der Waals surface area (Å²) in [6.45, 7) is 1.19. The van der Waals surface area contributed by atoms with Crippen molar-refractivity contribution in [3.05, 3.63) is 78.1 Å². The number of halogens is 1. The average Bonchev–Trinajstić information content (AvgIpc) is 3.23. The molecule has 1 saturated carbocycles. The first kappa shape index (κ1) is 20.4. The Bertz CT molecular complexity index is 1190. The highest BCUT2D eigenvalue weighted by atomic mass is 19.1. The van der Waals surface area contributed by atoms with Crippen LogP contribution in [0.3, 0.4) is 0 Å². The number of benzene rings is 2. The van der Waals surface area contributed by atoms with Gasteiger partial charge in [-0.15, -0.1) is 0 Å². The first-order valence-corrected chi connectivity index (χ1v) is 10.6. The number of imidazole rings is 1. The van der Waals surface area contributed by atoms with Crippen LogP contribution in [0, 0.1) is 5.92 Å². The van der Waals surface area contributed by atoms with E-state index in [4.69, 9.17) is 15.2 Å². The zero-order chi connectivity index (χ0) is 21.9. The number of ether oxygens (including phenoxy) is 2. The summed E-state index contributed by atoms with van der Waals surface area (Å²) in [5.41, 5.74) is 8.95. The van der Waals surface area contributed by atoms with Gasteiger partial charge < -0.3 is 19.8 Å². The van der Waals surface area contributed by atoms with E-state index in [1.807, 2.05) is 60.7 Å². The van der Waals surface area contributed by atoms with Gasteiger partial charge in [0.15, 0.2) is 11.2 Å². The Morgan fingerprint density at radius 3 is 2.34 bits per heavy atom. The van der Waals surface area contributed by atoms with Gasteiger partial charge in [-0.05, 0) is 17.5 Å². The van der Waals surface area contributed by atoms with E-state index in [0.717, 1.165) is 11.1 Å². The van der Waals surface area contributed by atoms with Gasteiger partial charge in [0, 0.05) is 5.92 Å². The lowest BCUT2D eigenvalue weighted by Crippen LogP contribution is -2.42. The molecular formula is C24H24FN5O2. The minimum Gasteiger partial charge on any atom is -0.471 e. The van der Waals surface area contributed by atoms with Crippen molar-refractivity contribution < 1.29 is 13.9 Å². The van der Waals surface area contributed by atoms with Crippen LogP contribution in [0.5, 0.6) is 5.88 Å². The molecule has 0 aliphatic heterocycles. The second-order valence-corrected chi connectivity index (χ2v) is 7.99. The molecule has 1 unspecified atom stereocenters. The Hall–Kier alpha value is -3.52. The second-order valence-electron chi connectivity index (χ2n) is 7.99. The third-order valence-corrected chi connectivity index (χ3v) is 5.79. The van der Waals surface area contributed by atoms with Crippen molar-refractivity contribution in [3.8, 4) is 5.88 Å². The molecule has 2 aromatic heterocycles. The molecule has 2 heterocycles. The minimum absolute atomic E-state index is 0.0692. The molecule has 0 spiro atoms. The Morgan fingerprint density at radius 2 is 1.66 bits per heavy atom. The molecule has 32 heavy (non-hydrogen) atoms. The standard InChI is InChI=1S/C24H24FN5O2/c25-20-18(14-31-12-16-7-3-1-4-8-16)11-19(20)30-15-27-21-22(30)28-24(26)29-23(21)32-13-17-9-5-2-6-10-17/h1-10,15,18-20H,11-14H2,(H2,26,28,29)/t18-,19-,20?/m1/s1. The molecule has 2 N–H and O–H groups in total. The molecule has 0 saturated heterocycles. The fourth-order valence-corrected chi connectivity index (χ4v) is 3.99. The van der Waals surface area contributed by atoms with Gasteiger partial charge in [-0.1, -0.05) is 60.7 Å². The number of fused-ring (bicyclic) bond motifs is 1. The van der Waals surface area contributed by atoms with E-state index >= 15 is 0 Å². The average molecular weight is 433 g/mol. The third kappa shape index (κ3) is 4.13. The molecule has 1 aliphatic rings. The molecular weight excluding hydrogens is 409 g/mol.